The van der Waals surface area contributed by atoms with E-state index >= 15 is 0 Å². The monoisotopic (exact) mass is 252 g/mol. The molecule has 17 heavy (non-hydrogen) atoms. The van der Waals surface area contributed by atoms with Crippen LogP contribution in [0.3, 0.4) is 0 Å². The zero-order valence-electron chi connectivity index (χ0n) is 10.7. The van der Waals surface area contributed by atoms with Crippen LogP contribution in [0.1, 0.15) is 24.0 Å². The van der Waals surface area contributed by atoms with Crippen LogP contribution in [0, 0.1) is 6.92 Å². The Labute approximate surface area is 109 Å². The normalized spacial score (nSPS) is 18.5. The molecule has 1 saturated heterocycles. The molecule has 0 saturated carbocycles. The fourth-order valence-corrected chi connectivity index (χ4v) is 2.55. The van der Waals surface area contributed by atoms with Crippen molar-refractivity contribution in [1.82, 2.24) is 10.2 Å². The highest BCUT2D eigenvalue weighted by Gasteiger charge is 2.15. The molecule has 94 valence electrons. The molecule has 1 heterocycles. The molecule has 0 atom stereocenters. The van der Waals surface area contributed by atoms with Gasteiger partial charge in [-0.2, -0.15) is 0 Å². The smallest absolute Gasteiger partial charge is 0.0408 e. The molecular formula is C14H21ClN2. The molecule has 0 unspecified atom stereocenters. The Morgan fingerprint density at radius 3 is 2.71 bits per heavy atom. The van der Waals surface area contributed by atoms with Crippen molar-refractivity contribution in [3.05, 3.63) is 34.3 Å². The van der Waals surface area contributed by atoms with Crippen LogP contribution < -0.4 is 5.32 Å². The molecule has 2 rings (SSSR count). The number of nitrogens with one attached hydrogen (secondary N) is 1. The molecule has 3 heteroatoms. The number of hydrogen-bond donors (Lipinski definition) is 1. The summed E-state index contributed by atoms with van der Waals surface area (Å²) in [5.74, 6) is 0. The van der Waals surface area contributed by atoms with Gasteiger partial charge in [-0.1, -0.05) is 17.7 Å². The van der Waals surface area contributed by atoms with Crippen LogP contribution in [0.2, 0.25) is 5.02 Å². The van der Waals surface area contributed by atoms with Gasteiger partial charge in [-0.3, -0.25) is 0 Å². The van der Waals surface area contributed by atoms with Gasteiger partial charge >= 0.3 is 0 Å². The second kappa shape index (κ2) is 5.85. The summed E-state index contributed by atoms with van der Waals surface area (Å²) in [5, 5.41) is 4.47. The van der Waals surface area contributed by atoms with Crippen molar-refractivity contribution in [3.63, 3.8) is 0 Å². The number of rotatable bonds is 3. The molecule has 1 aromatic carbocycles. The molecule has 0 aromatic heterocycles. The Balaban J connectivity index is 1.85. The van der Waals surface area contributed by atoms with Gasteiger partial charge in [0.2, 0.25) is 0 Å². The SMILES string of the molecule is Cc1cc(Cl)ccc1CNC1CCN(C)CC1. The zero-order valence-corrected chi connectivity index (χ0v) is 11.4. The average Bonchev–Trinajstić information content (AvgIpc) is 2.30. The number of halogens is 1. The fourth-order valence-electron chi connectivity index (χ4n) is 2.32. The zero-order chi connectivity index (χ0) is 12.3. The minimum Gasteiger partial charge on any atom is -0.310 e. The van der Waals surface area contributed by atoms with Crippen molar-refractivity contribution in [3.8, 4) is 0 Å². The number of likely N-dealkylation sites (tertiary alicyclic amines) is 1. The summed E-state index contributed by atoms with van der Waals surface area (Å²) in [7, 11) is 2.19. The highest BCUT2D eigenvalue weighted by molar-refractivity contribution is 6.30. The van der Waals surface area contributed by atoms with E-state index < -0.39 is 0 Å². The lowest BCUT2D eigenvalue weighted by molar-refractivity contribution is 0.234. The van der Waals surface area contributed by atoms with Crippen molar-refractivity contribution in [2.24, 2.45) is 0 Å². The lowest BCUT2D eigenvalue weighted by Gasteiger charge is -2.29. The summed E-state index contributed by atoms with van der Waals surface area (Å²) in [4.78, 5) is 2.39. The molecule has 2 nitrogen and oxygen atoms in total. The predicted octanol–water partition coefficient (Wildman–Crippen LogP) is 2.83. The molecule has 1 fully saturated rings. The van der Waals surface area contributed by atoms with E-state index in [0.29, 0.717) is 6.04 Å². The third-order valence-corrected chi connectivity index (χ3v) is 3.84. The summed E-state index contributed by atoms with van der Waals surface area (Å²) in [6.07, 6.45) is 2.51. The van der Waals surface area contributed by atoms with Crippen molar-refractivity contribution >= 4 is 11.6 Å². The molecule has 0 spiro atoms. The summed E-state index contributed by atoms with van der Waals surface area (Å²) in [5.41, 5.74) is 2.63. The first-order valence-corrected chi connectivity index (χ1v) is 6.70. The van der Waals surface area contributed by atoms with E-state index in [1.807, 2.05) is 12.1 Å². The summed E-state index contributed by atoms with van der Waals surface area (Å²) in [6.45, 7) is 5.49. The Hall–Kier alpha value is -0.570. The van der Waals surface area contributed by atoms with Crippen molar-refractivity contribution in [1.29, 1.82) is 0 Å². The highest BCUT2D eigenvalue weighted by atomic mass is 35.5. The summed E-state index contributed by atoms with van der Waals surface area (Å²) < 4.78 is 0. The Kier molecular flexibility index (Phi) is 4.43. The van der Waals surface area contributed by atoms with E-state index in [9.17, 15) is 0 Å². The number of piperidine rings is 1. The van der Waals surface area contributed by atoms with Crippen molar-refractivity contribution in [2.75, 3.05) is 20.1 Å². The minimum absolute atomic E-state index is 0.668. The third kappa shape index (κ3) is 3.70. The van der Waals surface area contributed by atoms with Gasteiger partial charge in [0.25, 0.3) is 0 Å². The molecule has 0 amide bonds. The van der Waals surface area contributed by atoms with Gasteiger partial charge in [0, 0.05) is 17.6 Å². The molecule has 1 aliphatic heterocycles. The van der Waals surface area contributed by atoms with E-state index in [4.69, 9.17) is 11.6 Å². The van der Waals surface area contributed by atoms with E-state index in [1.165, 1.54) is 37.1 Å². The van der Waals surface area contributed by atoms with Gasteiger partial charge < -0.3 is 10.2 Å². The minimum atomic E-state index is 0.668. The maximum absolute atomic E-state index is 5.96. The molecule has 0 radical (unpaired) electrons. The van der Waals surface area contributed by atoms with Gasteiger partial charge in [0.1, 0.15) is 0 Å². The predicted molar refractivity (Wildman–Crippen MR) is 73.5 cm³/mol. The van der Waals surface area contributed by atoms with Crippen LogP contribution in [-0.2, 0) is 6.54 Å². The Bertz CT molecular complexity index is 370. The number of benzene rings is 1. The first kappa shape index (κ1) is 12.9. The van der Waals surface area contributed by atoms with E-state index in [0.717, 1.165) is 11.6 Å². The van der Waals surface area contributed by atoms with E-state index in [2.05, 4.69) is 30.3 Å². The fraction of sp³-hybridized carbons (Fsp3) is 0.571. The number of hydrogen-bond acceptors (Lipinski definition) is 2. The molecule has 1 N–H and O–H groups in total. The lowest BCUT2D eigenvalue weighted by atomic mass is 10.0. The number of nitrogens with zero attached hydrogens (tertiary/aromatic N) is 1. The topological polar surface area (TPSA) is 15.3 Å². The van der Waals surface area contributed by atoms with Gasteiger partial charge in [-0.15, -0.1) is 0 Å². The second-order valence-electron chi connectivity index (χ2n) is 5.03. The molecule has 1 aliphatic rings. The molecule has 1 aromatic rings. The third-order valence-electron chi connectivity index (χ3n) is 3.60. The first-order valence-electron chi connectivity index (χ1n) is 6.32. The quantitative estimate of drug-likeness (QED) is 0.890. The van der Waals surface area contributed by atoms with Gasteiger partial charge in [0.15, 0.2) is 0 Å². The highest BCUT2D eigenvalue weighted by Crippen LogP contribution is 2.16. The first-order chi connectivity index (χ1) is 8.15. The van der Waals surface area contributed by atoms with Crippen LogP contribution >= 0.6 is 11.6 Å². The maximum atomic E-state index is 5.96. The van der Waals surface area contributed by atoms with Crippen LogP contribution in [0.25, 0.3) is 0 Å². The summed E-state index contributed by atoms with van der Waals surface area (Å²) in [6, 6.07) is 6.80. The average molecular weight is 253 g/mol. The van der Waals surface area contributed by atoms with E-state index in [1.54, 1.807) is 0 Å². The second-order valence-corrected chi connectivity index (χ2v) is 5.47. The van der Waals surface area contributed by atoms with Crippen LogP contribution in [0.4, 0.5) is 0 Å². The van der Waals surface area contributed by atoms with Crippen molar-refractivity contribution < 1.29 is 0 Å². The van der Waals surface area contributed by atoms with Gasteiger partial charge in [0.05, 0.1) is 0 Å². The van der Waals surface area contributed by atoms with Crippen molar-refractivity contribution in [2.45, 2.75) is 32.4 Å². The van der Waals surface area contributed by atoms with Crippen LogP contribution in [-0.4, -0.2) is 31.1 Å². The van der Waals surface area contributed by atoms with Crippen LogP contribution in [0.5, 0.6) is 0 Å². The lowest BCUT2D eigenvalue weighted by Crippen LogP contribution is -2.40. The Morgan fingerprint density at radius 1 is 1.35 bits per heavy atom. The summed E-state index contributed by atoms with van der Waals surface area (Å²) >= 11 is 5.96. The van der Waals surface area contributed by atoms with E-state index in [-0.39, 0.29) is 0 Å². The molecular weight excluding hydrogens is 232 g/mol. The maximum Gasteiger partial charge on any atom is 0.0408 e. The van der Waals surface area contributed by atoms with Gasteiger partial charge in [-0.05, 0) is 63.2 Å². The van der Waals surface area contributed by atoms with Crippen LogP contribution in [0.15, 0.2) is 18.2 Å². The number of aryl methyl sites for hydroxylation is 1. The van der Waals surface area contributed by atoms with Gasteiger partial charge in [-0.25, -0.2) is 0 Å². The molecule has 0 bridgehead atoms. The largest absolute Gasteiger partial charge is 0.310 e. The Morgan fingerprint density at radius 2 is 2.06 bits per heavy atom. The molecule has 0 aliphatic carbocycles. The standard InChI is InChI=1S/C14H21ClN2/c1-11-9-13(15)4-3-12(11)10-16-14-5-7-17(2)8-6-14/h3-4,9,14,16H,5-8,10H2,1-2H3.